The molecule has 2 rings (SSSR count). The van der Waals surface area contributed by atoms with E-state index in [9.17, 15) is 4.79 Å². The Hall–Kier alpha value is -2.43. The van der Waals surface area contributed by atoms with E-state index in [1.807, 2.05) is 37.3 Å². The molecule has 0 fully saturated rings. The average molecular weight is 312 g/mol. The molecule has 0 amide bonds. The fraction of sp³-hybridized carbons (Fsp3) is 0.211. The van der Waals surface area contributed by atoms with E-state index in [2.05, 4.69) is 0 Å². The molecule has 0 aliphatic carbocycles. The van der Waals surface area contributed by atoms with Crippen LogP contribution in [0.3, 0.4) is 0 Å². The molecule has 2 aromatic rings. The Kier molecular flexibility index (Phi) is 6.09. The van der Waals surface area contributed by atoms with Gasteiger partial charge in [0.15, 0.2) is 5.78 Å². The van der Waals surface area contributed by atoms with Crippen molar-refractivity contribution in [3.63, 3.8) is 0 Å². The molecule has 4 heteroatoms. The number of methoxy groups -OCH3 is 2. The molecule has 0 saturated heterocycles. The molecule has 0 heterocycles. The maximum Gasteiger partial charge on any atom is 0.315 e. The second kappa shape index (κ2) is 8.27. The number of ketones is 1. The Morgan fingerprint density at radius 2 is 1.74 bits per heavy atom. The third-order valence-electron chi connectivity index (χ3n) is 3.23. The molecule has 0 unspecified atom stereocenters. The first-order chi connectivity index (χ1) is 11.1. The predicted molar refractivity (Wildman–Crippen MR) is 89.4 cm³/mol. The first-order valence-electron chi connectivity index (χ1n) is 7.24. The molecule has 0 spiro atoms. The number of carbonyl (C=O) groups is 1. The SMILES string of the molecule is COC(OC)Oc1ccc(C(=O)C=Cc2cccc(C)c2)cc1. The van der Waals surface area contributed by atoms with Gasteiger partial charge in [-0.3, -0.25) is 4.79 Å². The lowest BCUT2D eigenvalue weighted by Gasteiger charge is -2.15. The largest absolute Gasteiger partial charge is 0.441 e. The van der Waals surface area contributed by atoms with Crippen LogP contribution in [-0.2, 0) is 9.47 Å². The van der Waals surface area contributed by atoms with Crippen LogP contribution in [0.1, 0.15) is 21.5 Å². The summed E-state index contributed by atoms with van der Waals surface area (Å²) in [5, 5.41) is 0. The highest BCUT2D eigenvalue weighted by atomic mass is 16.8. The van der Waals surface area contributed by atoms with Gasteiger partial charge in [0.1, 0.15) is 5.75 Å². The second-order valence-electron chi connectivity index (χ2n) is 5.01. The standard InChI is InChI=1S/C19H20O4/c1-14-5-4-6-15(13-14)7-12-18(20)16-8-10-17(11-9-16)23-19(21-2)22-3/h4-13,19H,1-3H3. The van der Waals surface area contributed by atoms with Gasteiger partial charge in [-0.25, -0.2) is 0 Å². The zero-order valence-corrected chi connectivity index (χ0v) is 13.5. The lowest BCUT2D eigenvalue weighted by Crippen LogP contribution is -2.20. The molecule has 0 saturated carbocycles. The highest BCUT2D eigenvalue weighted by Gasteiger charge is 2.07. The number of carbonyl (C=O) groups excluding carboxylic acids is 1. The summed E-state index contributed by atoms with van der Waals surface area (Å²) in [4.78, 5) is 12.2. The summed E-state index contributed by atoms with van der Waals surface area (Å²) in [6, 6.07) is 14.8. The van der Waals surface area contributed by atoms with Crippen LogP contribution in [0, 0.1) is 6.92 Å². The lowest BCUT2D eigenvalue weighted by atomic mass is 10.1. The number of aryl methyl sites for hydroxylation is 1. The normalized spacial score (nSPS) is 11.1. The minimum atomic E-state index is -0.766. The minimum absolute atomic E-state index is 0.0620. The van der Waals surface area contributed by atoms with Gasteiger partial charge in [-0.1, -0.05) is 35.9 Å². The van der Waals surface area contributed by atoms with Gasteiger partial charge in [0.25, 0.3) is 0 Å². The van der Waals surface area contributed by atoms with Crippen molar-refractivity contribution in [1.82, 2.24) is 0 Å². The zero-order valence-electron chi connectivity index (χ0n) is 13.5. The van der Waals surface area contributed by atoms with E-state index in [1.54, 1.807) is 30.3 Å². The molecule has 0 radical (unpaired) electrons. The number of rotatable bonds is 7. The fourth-order valence-corrected chi connectivity index (χ4v) is 2.04. The summed E-state index contributed by atoms with van der Waals surface area (Å²) in [5.41, 5.74) is 2.75. The van der Waals surface area contributed by atoms with E-state index in [-0.39, 0.29) is 5.78 Å². The summed E-state index contributed by atoms with van der Waals surface area (Å²) in [5.74, 6) is 0.506. The molecule has 23 heavy (non-hydrogen) atoms. The monoisotopic (exact) mass is 312 g/mol. The van der Waals surface area contributed by atoms with Gasteiger partial charge in [0, 0.05) is 19.8 Å². The highest BCUT2D eigenvalue weighted by molar-refractivity contribution is 6.06. The molecule has 0 aromatic heterocycles. The maximum absolute atomic E-state index is 12.2. The average Bonchev–Trinajstić information content (AvgIpc) is 2.58. The first-order valence-corrected chi connectivity index (χ1v) is 7.24. The summed E-state index contributed by atoms with van der Waals surface area (Å²) in [7, 11) is 2.98. The van der Waals surface area contributed by atoms with E-state index in [0.717, 1.165) is 11.1 Å². The number of allylic oxidation sites excluding steroid dienone is 1. The van der Waals surface area contributed by atoms with E-state index < -0.39 is 6.48 Å². The van der Waals surface area contributed by atoms with E-state index >= 15 is 0 Å². The van der Waals surface area contributed by atoms with E-state index in [4.69, 9.17) is 14.2 Å². The molecular formula is C19H20O4. The van der Waals surface area contributed by atoms with Crippen LogP contribution in [0.2, 0.25) is 0 Å². The van der Waals surface area contributed by atoms with Crippen molar-refractivity contribution in [2.24, 2.45) is 0 Å². The first kappa shape index (κ1) is 16.9. The number of hydrogen-bond acceptors (Lipinski definition) is 4. The highest BCUT2D eigenvalue weighted by Crippen LogP contribution is 2.15. The van der Waals surface area contributed by atoms with Gasteiger partial charge >= 0.3 is 6.48 Å². The number of benzene rings is 2. The van der Waals surface area contributed by atoms with Crippen molar-refractivity contribution in [2.45, 2.75) is 13.4 Å². The van der Waals surface area contributed by atoms with Crippen molar-refractivity contribution in [3.05, 3.63) is 71.3 Å². The van der Waals surface area contributed by atoms with Crippen LogP contribution in [0.5, 0.6) is 5.75 Å². The van der Waals surface area contributed by atoms with E-state index in [0.29, 0.717) is 11.3 Å². The molecule has 2 aromatic carbocycles. The Morgan fingerprint density at radius 3 is 2.35 bits per heavy atom. The molecule has 4 nitrogen and oxygen atoms in total. The van der Waals surface area contributed by atoms with Gasteiger partial charge in [-0.05, 0) is 42.8 Å². The van der Waals surface area contributed by atoms with Crippen molar-refractivity contribution >= 4 is 11.9 Å². The minimum Gasteiger partial charge on any atom is -0.441 e. The van der Waals surface area contributed by atoms with Crippen LogP contribution >= 0.6 is 0 Å². The molecule has 0 atom stereocenters. The molecule has 0 bridgehead atoms. The third-order valence-corrected chi connectivity index (χ3v) is 3.23. The van der Waals surface area contributed by atoms with Crippen LogP contribution in [0.15, 0.2) is 54.6 Å². The summed E-state index contributed by atoms with van der Waals surface area (Å²) < 4.78 is 15.3. The Labute approximate surface area is 136 Å². The maximum atomic E-state index is 12.2. The quantitative estimate of drug-likeness (QED) is 0.442. The van der Waals surface area contributed by atoms with Crippen LogP contribution in [0.25, 0.3) is 6.08 Å². The number of hydrogen-bond donors (Lipinski definition) is 0. The number of ether oxygens (including phenoxy) is 3. The lowest BCUT2D eigenvalue weighted by molar-refractivity contribution is -0.219. The van der Waals surface area contributed by atoms with Gasteiger partial charge in [0.2, 0.25) is 0 Å². The van der Waals surface area contributed by atoms with Gasteiger partial charge < -0.3 is 14.2 Å². The molecular weight excluding hydrogens is 292 g/mol. The molecule has 0 N–H and O–H groups in total. The van der Waals surface area contributed by atoms with Crippen molar-refractivity contribution < 1.29 is 19.0 Å². The molecule has 120 valence electrons. The van der Waals surface area contributed by atoms with Gasteiger partial charge in [-0.2, -0.15) is 0 Å². The second-order valence-corrected chi connectivity index (χ2v) is 5.01. The van der Waals surface area contributed by atoms with Crippen LogP contribution < -0.4 is 4.74 Å². The zero-order chi connectivity index (χ0) is 16.7. The summed E-state index contributed by atoms with van der Waals surface area (Å²) in [6.45, 7) is 1.25. The topological polar surface area (TPSA) is 44.8 Å². The van der Waals surface area contributed by atoms with Gasteiger partial charge in [0.05, 0.1) is 0 Å². The van der Waals surface area contributed by atoms with Crippen LogP contribution in [-0.4, -0.2) is 26.5 Å². The fourth-order valence-electron chi connectivity index (χ4n) is 2.04. The smallest absolute Gasteiger partial charge is 0.315 e. The Bertz CT molecular complexity index is 670. The van der Waals surface area contributed by atoms with Crippen molar-refractivity contribution in [3.8, 4) is 5.75 Å². The predicted octanol–water partition coefficient (Wildman–Crippen LogP) is 3.85. The molecule has 0 aliphatic rings. The van der Waals surface area contributed by atoms with Crippen molar-refractivity contribution in [1.29, 1.82) is 0 Å². The third kappa shape index (κ3) is 5.06. The van der Waals surface area contributed by atoms with Crippen molar-refractivity contribution in [2.75, 3.05) is 14.2 Å². The summed E-state index contributed by atoms with van der Waals surface area (Å²) >= 11 is 0. The van der Waals surface area contributed by atoms with E-state index in [1.165, 1.54) is 14.2 Å². The summed E-state index contributed by atoms with van der Waals surface area (Å²) in [6.07, 6.45) is 3.38. The van der Waals surface area contributed by atoms with Gasteiger partial charge in [-0.15, -0.1) is 0 Å². The Balaban J connectivity index is 2.02. The Morgan fingerprint density at radius 1 is 1.04 bits per heavy atom. The van der Waals surface area contributed by atoms with Crippen LogP contribution in [0.4, 0.5) is 0 Å². The molecule has 0 aliphatic heterocycles.